The normalized spacial score (nSPS) is 11.4. The van der Waals surface area contributed by atoms with Gasteiger partial charge in [-0.05, 0) is 20.8 Å². The van der Waals surface area contributed by atoms with Crippen molar-refractivity contribution in [3.05, 3.63) is 11.2 Å². The summed E-state index contributed by atoms with van der Waals surface area (Å²) in [4.78, 5) is 8.02. The van der Waals surface area contributed by atoms with Gasteiger partial charge in [-0.15, -0.1) is 0 Å². The molecule has 0 aliphatic heterocycles. The van der Waals surface area contributed by atoms with Crippen LogP contribution in [0, 0.1) is 0 Å². The fourth-order valence-corrected chi connectivity index (χ4v) is 1.47. The molecule has 0 saturated heterocycles. The minimum absolute atomic E-state index is 0.281. The molecule has 5 nitrogen and oxygen atoms in total. The number of aromatic nitrogens is 2. The number of anilines is 1. The summed E-state index contributed by atoms with van der Waals surface area (Å²) in [5, 5.41) is 3.58. The molecule has 96 valence electrons. The Kier molecular flexibility index (Phi) is 4.96. The second-order valence-electron chi connectivity index (χ2n) is 4.10. The summed E-state index contributed by atoms with van der Waals surface area (Å²) >= 11 is 5.98. The van der Waals surface area contributed by atoms with E-state index in [4.69, 9.17) is 21.1 Å². The molecule has 1 aromatic rings. The molecule has 0 amide bonds. The van der Waals surface area contributed by atoms with Gasteiger partial charge in [-0.3, -0.25) is 0 Å². The SMILES string of the molecule is CCOC(C)(C)CNc1nc(OC)ncc1Cl. The zero-order valence-electron chi connectivity index (χ0n) is 10.6. The highest BCUT2D eigenvalue weighted by Crippen LogP contribution is 2.21. The van der Waals surface area contributed by atoms with Gasteiger partial charge in [0.15, 0.2) is 5.82 Å². The number of hydrogen-bond donors (Lipinski definition) is 1. The maximum absolute atomic E-state index is 5.98. The van der Waals surface area contributed by atoms with Crippen molar-refractivity contribution in [2.45, 2.75) is 26.4 Å². The standard InChI is InChI=1S/C11H18ClN3O2/c1-5-17-11(2,3)7-14-9-8(12)6-13-10(15-9)16-4/h6H,5,7H2,1-4H3,(H,13,14,15). The van der Waals surface area contributed by atoms with Crippen LogP contribution < -0.4 is 10.1 Å². The third-order valence-electron chi connectivity index (χ3n) is 2.12. The summed E-state index contributed by atoms with van der Waals surface area (Å²) in [6, 6.07) is 0.283. The van der Waals surface area contributed by atoms with Crippen molar-refractivity contribution in [1.29, 1.82) is 0 Å². The van der Waals surface area contributed by atoms with Crippen molar-refractivity contribution < 1.29 is 9.47 Å². The largest absolute Gasteiger partial charge is 0.467 e. The van der Waals surface area contributed by atoms with Crippen molar-refractivity contribution in [2.75, 3.05) is 25.6 Å². The van der Waals surface area contributed by atoms with Crippen molar-refractivity contribution in [1.82, 2.24) is 9.97 Å². The van der Waals surface area contributed by atoms with Gasteiger partial charge in [-0.2, -0.15) is 4.98 Å². The maximum atomic E-state index is 5.98. The van der Waals surface area contributed by atoms with E-state index in [0.29, 0.717) is 24.0 Å². The van der Waals surface area contributed by atoms with Crippen LogP contribution in [-0.4, -0.2) is 35.8 Å². The van der Waals surface area contributed by atoms with Gasteiger partial charge in [-0.1, -0.05) is 11.6 Å². The van der Waals surface area contributed by atoms with Crippen molar-refractivity contribution in [3.63, 3.8) is 0 Å². The molecule has 0 saturated carbocycles. The molecule has 0 spiro atoms. The van der Waals surface area contributed by atoms with Crippen LogP contribution in [0.3, 0.4) is 0 Å². The fourth-order valence-electron chi connectivity index (χ4n) is 1.31. The first-order valence-corrected chi connectivity index (χ1v) is 5.80. The highest BCUT2D eigenvalue weighted by Gasteiger charge is 2.18. The monoisotopic (exact) mass is 259 g/mol. The van der Waals surface area contributed by atoms with E-state index in [1.165, 1.54) is 13.3 Å². The lowest BCUT2D eigenvalue weighted by molar-refractivity contribution is 0.000634. The number of hydrogen-bond acceptors (Lipinski definition) is 5. The van der Waals surface area contributed by atoms with E-state index in [9.17, 15) is 0 Å². The first-order valence-electron chi connectivity index (χ1n) is 5.43. The first kappa shape index (κ1) is 14.0. The van der Waals surface area contributed by atoms with Crippen LogP contribution in [0.5, 0.6) is 6.01 Å². The predicted molar refractivity (Wildman–Crippen MR) is 67.8 cm³/mol. The van der Waals surface area contributed by atoms with Gasteiger partial charge >= 0.3 is 6.01 Å². The number of rotatable bonds is 6. The zero-order chi connectivity index (χ0) is 12.9. The second-order valence-corrected chi connectivity index (χ2v) is 4.51. The molecule has 0 unspecified atom stereocenters. The summed E-state index contributed by atoms with van der Waals surface area (Å²) in [5.74, 6) is 0.547. The highest BCUT2D eigenvalue weighted by molar-refractivity contribution is 6.32. The third kappa shape index (κ3) is 4.36. The van der Waals surface area contributed by atoms with Crippen LogP contribution in [-0.2, 0) is 4.74 Å². The quantitative estimate of drug-likeness (QED) is 0.850. The molecule has 1 rings (SSSR count). The Morgan fingerprint density at radius 1 is 1.47 bits per heavy atom. The highest BCUT2D eigenvalue weighted by atomic mass is 35.5. The summed E-state index contributed by atoms with van der Waals surface area (Å²) < 4.78 is 10.5. The van der Waals surface area contributed by atoms with E-state index >= 15 is 0 Å². The number of nitrogens with zero attached hydrogens (tertiary/aromatic N) is 2. The van der Waals surface area contributed by atoms with E-state index in [1.54, 1.807) is 0 Å². The molecule has 0 aliphatic rings. The summed E-state index contributed by atoms with van der Waals surface area (Å²) in [6.07, 6.45) is 1.50. The summed E-state index contributed by atoms with van der Waals surface area (Å²) in [5.41, 5.74) is -0.281. The van der Waals surface area contributed by atoms with Crippen molar-refractivity contribution in [2.24, 2.45) is 0 Å². The topological polar surface area (TPSA) is 56.3 Å². The smallest absolute Gasteiger partial charge is 0.318 e. The Bertz CT molecular complexity index is 372. The first-order chi connectivity index (χ1) is 7.98. The van der Waals surface area contributed by atoms with Gasteiger partial charge in [0.1, 0.15) is 5.02 Å². The minimum atomic E-state index is -0.281. The molecule has 0 radical (unpaired) electrons. The average Bonchev–Trinajstić information content (AvgIpc) is 2.28. The third-order valence-corrected chi connectivity index (χ3v) is 2.40. The molecule has 1 heterocycles. The lowest BCUT2D eigenvalue weighted by Gasteiger charge is -2.25. The van der Waals surface area contributed by atoms with Gasteiger partial charge in [0.2, 0.25) is 0 Å². The number of nitrogens with one attached hydrogen (secondary N) is 1. The molecular formula is C11H18ClN3O2. The lowest BCUT2D eigenvalue weighted by atomic mass is 10.1. The van der Waals surface area contributed by atoms with Gasteiger partial charge in [0.25, 0.3) is 0 Å². The molecule has 0 fully saturated rings. The number of halogens is 1. The Morgan fingerprint density at radius 2 is 2.18 bits per heavy atom. The van der Waals surface area contributed by atoms with Gasteiger partial charge in [-0.25, -0.2) is 4.98 Å². The van der Waals surface area contributed by atoms with Crippen LogP contribution in [0.25, 0.3) is 0 Å². The summed E-state index contributed by atoms with van der Waals surface area (Å²) in [6.45, 7) is 7.21. The van der Waals surface area contributed by atoms with Crippen LogP contribution >= 0.6 is 11.6 Å². The average molecular weight is 260 g/mol. The molecule has 0 atom stereocenters. The van der Waals surface area contributed by atoms with E-state index in [-0.39, 0.29) is 11.6 Å². The molecule has 0 aliphatic carbocycles. The van der Waals surface area contributed by atoms with Gasteiger partial charge in [0.05, 0.1) is 18.9 Å². The van der Waals surface area contributed by atoms with E-state index in [0.717, 1.165) is 0 Å². The van der Waals surface area contributed by atoms with Crippen molar-refractivity contribution in [3.8, 4) is 6.01 Å². The second kappa shape index (κ2) is 6.02. The lowest BCUT2D eigenvalue weighted by Crippen LogP contribution is -2.33. The maximum Gasteiger partial charge on any atom is 0.318 e. The van der Waals surface area contributed by atoms with Crippen LogP contribution in [0.4, 0.5) is 5.82 Å². The Labute approximate surface area is 107 Å². The zero-order valence-corrected chi connectivity index (χ0v) is 11.3. The number of ether oxygens (including phenoxy) is 2. The van der Waals surface area contributed by atoms with E-state index in [1.807, 2.05) is 20.8 Å². The molecular weight excluding hydrogens is 242 g/mol. The Morgan fingerprint density at radius 3 is 2.76 bits per heavy atom. The number of methoxy groups -OCH3 is 1. The molecule has 6 heteroatoms. The fraction of sp³-hybridized carbons (Fsp3) is 0.636. The minimum Gasteiger partial charge on any atom is -0.467 e. The Balaban J connectivity index is 2.68. The molecule has 0 bridgehead atoms. The molecule has 17 heavy (non-hydrogen) atoms. The van der Waals surface area contributed by atoms with Crippen LogP contribution in [0.1, 0.15) is 20.8 Å². The predicted octanol–water partition coefficient (Wildman–Crippen LogP) is 2.37. The van der Waals surface area contributed by atoms with Crippen LogP contribution in [0.15, 0.2) is 6.20 Å². The van der Waals surface area contributed by atoms with Gasteiger partial charge in [0, 0.05) is 13.2 Å². The summed E-state index contributed by atoms with van der Waals surface area (Å²) in [7, 11) is 1.51. The molecule has 0 aromatic carbocycles. The van der Waals surface area contributed by atoms with Gasteiger partial charge < -0.3 is 14.8 Å². The molecule has 1 N–H and O–H groups in total. The molecule has 1 aromatic heterocycles. The van der Waals surface area contributed by atoms with E-state index < -0.39 is 0 Å². The Hall–Kier alpha value is -1.07. The van der Waals surface area contributed by atoms with E-state index in [2.05, 4.69) is 15.3 Å². The van der Waals surface area contributed by atoms with Crippen LogP contribution in [0.2, 0.25) is 5.02 Å². The van der Waals surface area contributed by atoms with Crippen molar-refractivity contribution >= 4 is 17.4 Å².